The van der Waals surface area contributed by atoms with Gasteiger partial charge in [0.25, 0.3) is 5.56 Å². The number of fused-ring (bicyclic) bond motifs is 1. The first-order valence-electron chi connectivity index (χ1n) is 9.61. The molecule has 0 aliphatic carbocycles. The van der Waals surface area contributed by atoms with E-state index in [1.54, 1.807) is 23.8 Å². The lowest BCUT2D eigenvalue weighted by Gasteiger charge is -2.14. The van der Waals surface area contributed by atoms with E-state index in [1.165, 1.54) is 23.1 Å². The van der Waals surface area contributed by atoms with Gasteiger partial charge in [-0.3, -0.25) is 14.2 Å². The number of hydrogen-bond acceptors (Lipinski definition) is 6. The van der Waals surface area contributed by atoms with Gasteiger partial charge in [-0.25, -0.2) is 4.98 Å². The van der Waals surface area contributed by atoms with Gasteiger partial charge in [0.2, 0.25) is 5.91 Å². The lowest BCUT2D eigenvalue weighted by Crippen LogP contribution is -2.22. The minimum absolute atomic E-state index is 0.102. The van der Waals surface area contributed by atoms with Crippen molar-refractivity contribution in [3.8, 4) is 11.4 Å². The summed E-state index contributed by atoms with van der Waals surface area (Å²) in [6.45, 7) is 4.04. The molecule has 0 saturated heterocycles. The Hall–Kier alpha value is -3.10. The van der Waals surface area contributed by atoms with E-state index in [4.69, 9.17) is 4.74 Å². The number of aromatic nitrogens is 2. The minimum atomic E-state index is -0.208. The van der Waals surface area contributed by atoms with E-state index in [0.717, 1.165) is 16.8 Å². The van der Waals surface area contributed by atoms with E-state index in [1.807, 2.05) is 55.6 Å². The summed E-state index contributed by atoms with van der Waals surface area (Å²) in [7, 11) is 1.56. The van der Waals surface area contributed by atoms with Crippen LogP contribution in [-0.4, -0.2) is 28.3 Å². The summed E-state index contributed by atoms with van der Waals surface area (Å²) in [4.78, 5) is 30.5. The number of rotatable bonds is 6. The average Bonchev–Trinajstić information content (AvgIpc) is 3.24. The van der Waals surface area contributed by atoms with Gasteiger partial charge in [0.05, 0.1) is 29.8 Å². The molecule has 4 rings (SSSR count). The molecule has 6 nitrogen and oxygen atoms in total. The van der Waals surface area contributed by atoms with Gasteiger partial charge >= 0.3 is 0 Å². The molecule has 0 unspecified atom stereocenters. The number of ether oxygens (including phenoxy) is 1. The lowest BCUT2D eigenvalue weighted by molar-refractivity contribution is -0.113. The van der Waals surface area contributed by atoms with Gasteiger partial charge in [-0.2, -0.15) is 0 Å². The molecule has 8 heteroatoms. The maximum absolute atomic E-state index is 13.2. The van der Waals surface area contributed by atoms with Crippen molar-refractivity contribution >= 4 is 44.9 Å². The molecule has 0 aliphatic heterocycles. The zero-order valence-electron chi connectivity index (χ0n) is 17.3. The molecular weight excluding hydrogens is 430 g/mol. The molecule has 4 aromatic rings. The Balaban J connectivity index is 1.66. The van der Waals surface area contributed by atoms with E-state index in [9.17, 15) is 9.59 Å². The van der Waals surface area contributed by atoms with Crippen LogP contribution in [0.5, 0.6) is 5.75 Å². The number of aryl methyl sites for hydroxylation is 2. The number of carbonyl (C=O) groups excluding carboxylic acids is 1. The summed E-state index contributed by atoms with van der Waals surface area (Å²) in [5.41, 5.74) is 4.08. The van der Waals surface area contributed by atoms with E-state index in [0.29, 0.717) is 26.8 Å². The highest BCUT2D eigenvalue weighted by Crippen LogP contribution is 2.26. The molecule has 2 aromatic carbocycles. The Morgan fingerprint density at radius 2 is 1.97 bits per heavy atom. The highest BCUT2D eigenvalue weighted by molar-refractivity contribution is 7.99. The van der Waals surface area contributed by atoms with Crippen molar-refractivity contribution < 1.29 is 9.53 Å². The maximum atomic E-state index is 13.2. The van der Waals surface area contributed by atoms with E-state index >= 15 is 0 Å². The summed E-state index contributed by atoms with van der Waals surface area (Å²) in [5, 5.41) is 5.19. The Kier molecular flexibility index (Phi) is 6.11. The second-order valence-electron chi connectivity index (χ2n) is 6.98. The van der Waals surface area contributed by atoms with Crippen molar-refractivity contribution in [1.82, 2.24) is 9.55 Å². The van der Waals surface area contributed by atoms with Gasteiger partial charge in [-0.05, 0) is 60.7 Å². The summed E-state index contributed by atoms with van der Waals surface area (Å²) in [5.74, 6) is 0.483. The van der Waals surface area contributed by atoms with Gasteiger partial charge in [0, 0.05) is 0 Å². The third kappa shape index (κ3) is 4.35. The Bertz CT molecular complexity index is 1330. The van der Waals surface area contributed by atoms with E-state index < -0.39 is 0 Å². The summed E-state index contributed by atoms with van der Waals surface area (Å²) >= 11 is 2.60. The fraction of sp³-hybridized carbons (Fsp3) is 0.174. The van der Waals surface area contributed by atoms with Crippen molar-refractivity contribution in [3.63, 3.8) is 0 Å². The van der Waals surface area contributed by atoms with Crippen LogP contribution in [0.1, 0.15) is 11.1 Å². The molecule has 0 saturated carbocycles. The molecule has 0 atom stereocenters. The molecule has 0 radical (unpaired) electrons. The number of carbonyl (C=O) groups is 1. The Labute approximate surface area is 187 Å². The van der Waals surface area contributed by atoms with E-state index in [2.05, 4.69) is 10.3 Å². The number of benzene rings is 2. The first-order valence-corrected chi connectivity index (χ1v) is 11.5. The zero-order chi connectivity index (χ0) is 22.0. The van der Waals surface area contributed by atoms with Gasteiger partial charge in [0.1, 0.15) is 10.4 Å². The van der Waals surface area contributed by atoms with Crippen LogP contribution in [0.15, 0.2) is 63.9 Å². The van der Waals surface area contributed by atoms with Crippen LogP contribution in [0.2, 0.25) is 0 Å². The monoisotopic (exact) mass is 451 g/mol. The molecule has 0 fully saturated rings. The average molecular weight is 452 g/mol. The molecule has 1 N–H and O–H groups in total. The lowest BCUT2D eigenvalue weighted by atomic mass is 10.1. The number of nitrogens with one attached hydrogen (secondary N) is 1. The van der Waals surface area contributed by atoms with Crippen LogP contribution in [0.4, 0.5) is 5.69 Å². The summed E-state index contributed by atoms with van der Waals surface area (Å²) in [6, 6.07) is 14.9. The van der Waals surface area contributed by atoms with Crippen LogP contribution in [0.3, 0.4) is 0 Å². The number of para-hydroxylation sites is 2. The molecule has 31 heavy (non-hydrogen) atoms. The van der Waals surface area contributed by atoms with Gasteiger partial charge in [-0.1, -0.05) is 30.0 Å². The number of hydrogen-bond donors (Lipinski definition) is 1. The minimum Gasteiger partial charge on any atom is -0.495 e. The third-order valence-electron chi connectivity index (χ3n) is 4.91. The molecule has 158 valence electrons. The van der Waals surface area contributed by atoms with Gasteiger partial charge < -0.3 is 10.1 Å². The first kappa shape index (κ1) is 21.1. The Morgan fingerprint density at radius 3 is 2.74 bits per heavy atom. The number of thioether (sulfide) groups is 1. The van der Waals surface area contributed by atoms with Crippen LogP contribution >= 0.6 is 23.1 Å². The summed E-state index contributed by atoms with van der Waals surface area (Å²) < 4.78 is 7.47. The van der Waals surface area contributed by atoms with Crippen molar-refractivity contribution in [1.29, 1.82) is 0 Å². The Morgan fingerprint density at radius 1 is 1.16 bits per heavy atom. The molecule has 1 amide bonds. The number of nitrogens with zero attached hydrogens (tertiary/aromatic N) is 2. The van der Waals surface area contributed by atoms with Crippen molar-refractivity contribution in [2.45, 2.75) is 19.0 Å². The number of thiophene rings is 1. The van der Waals surface area contributed by atoms with Crippen molar-refractivity contribution in [2.24, 2.45) is 0 Å². The van der Waals surface area contributed by atoms with Crippen LogP contribution in [0, 0.1) is 13.8 Å². The van der Waals surface area contributed by atoms with Gasteiger partial charge in [0.15, 0.2) is 5.16 Å². The quantitative estimate of drug-likeness (QED) is 0.337. The highest BCUT2D eigenvalue weighted by Gasteiger charge is 2.16. The number of amides is 1. The predicted octanol–water partition coefficient (Wildman–Crippen LogP) is 4.80. The largest absolute Gasteiger partial charge is 0.495 e. The third-order valence-corrected chi connectivity index (χ3v) is 6.74. The smallest absolute Gasteiger partial charge is 0.276 e. The number of methoxy groups -OCH3 is 1. The molecule has 0 bridgehead atoms. The van der Waals surface area contributed by atoms with Crippen LogP contribution in [0.25, 0.3) is 15.9 Å². The fourth-order valence-corrected chi connectivity index (χ4v) is 4.72. The van der Waals surface area contributed by atoms with Crippen molar-refractivity contribution in [3.05, 3.63) is 75.4 Å². The SMILES string of the molecule is COc1ccccc1NC(=O)CSc1nc2ccsc2c(=O)n1-c1ccc(C)c(C)c1. The summed E-state index contributed by atoms with van der Waals surface area (Å²) in [6.07, 6.45) is 0. The van der Waals surface area contributed by atoms with Crippen LogP contribution in [-0.2, 0) is 4.79 Å². The first-order chi connectivity index (χ1) is 15.0. The fourth-order valence-electron chi connectivity index (χ4n) is 3.15. The number of anilines is 1. The maximum Gasteiger partial charge on any atom is 0.276 e. The van der Waals surface area contributed by atoms with E-state index in [-0.39, 0.29) is 17.2 Å². The van der Waals surface area contributed by atoms with Gasteiger partial charge in [-0.15, -0.1) is 11.3 Å². The normalized spacial score (nSPS) is 10.9. The van der Waals surface area contributed by atoms with Crippen molar-refractivity contribution in [2.75, 3.05) is 18.2 Å². The topological polar surface area (TPSA) is 73.2 Å². The standard InChI is InChI=1S/C23H21N3O3S2/c1-14-8-9-16(12-15(14)2)26-22(28)21-18(10-11-30-21)25-23(26)31-13-20(27)24-17-6-4-5-7-19(17)29-3/h4-12H,13H2,1-3H3,(H,24,27). The van der Waals surface area contributed by atoms with Crippen LogP contribution < -0.4 is 15.6 Å². The zero-order valence-corrected chi connectivity index (χ0v) is 19.0. The molecule has 0 aliphatic rings. The second-order valence-corrected chi connectivity index (χ2v) is 8.83. The highest BCUT2D eigenvalue weighted by atomic mass is 32.2. The molecule has 0 spiro atoms. The molecule has 2 heterocycles. The second kappa shape index (κ2) is 8.95. The predicted molar refractivity (Wildman–Crippen MR) is 127 cm³/mol. The molecule has 2 aromatic heterocycles. The molecular formula is C23H21N3O3S2.